The van der Waals surface area contributed by atoms with Crippen LogP contribution >= 0.6 is 0 Å². The first-order chi connectivity index (χ1) is 15.5. The van der Waals surface area contributed by atoms with E-state index < -0.39 is 105 Å². The average Bonchev–Trinajstić information content (AvgIpc) is 2.79. The van der Waals surface area contributed by atoms with E-state index in [0.717, 1.165) is 0 Å². The summed E-state index contributed by atoms with van der Waals surface area (Å²) < 4.78 is 26.7. The van der Waals surface area contributed by atoms with Crippen LogP contribution in [0.4, 0.5) is 0 Å². The number of ether oxygens (including phenoxy) is 5. The summed E-state index contributed by atoms with van der Waals surface area (Å²) >= 11 is 0. The molecule has 3 rings (SSSR count). The van der Waals surface area contributed by atoms with Gasteiger partial charge in [0.25, 0.3) is 0 Å². The lowest BCUT2D eigenvalue weighted by Gasteiger charge is -2.48. The molecule has 3 aliphatic heterocycles. The second kappa shape index (κ2) is 11.0. The molecule has 0 aliphatic carbocycles. The van der Waals surface area contributed by atoms with Crippen LogP contribution in [0.1, 0.15) is 6.92 Å². The molecular formula is C18H32O15. The van der Waals surface area contributed by atoms with Gasteiger partial charge in [-0.3, -0.25) is 0 Å². The van der Waals surface area contributed by atoms with Gasteiger partial charge in [-0.2, -0.15) is 0 Å². The first-order valence-corrected chi connectivity index (χ1v) is 10.4. The molecule has 0 spiro atoms. The van der Waals surface area contributed by atoms with Crippen molar-refractivity contribution in [3.05, 3.63) is 0 Å². The normalized spacial score (nSPS) is 53.7. The molecule has 0 amide bonds. The number of hydrogen-bond acceptors (Lipinski definition) is 15. The van der Waals surface area contributed by atoms with E-state index in [1.54, 1.807) is 0 Å². The molecule has 15 atom stereocenters. The zero-order valence-corrected chi connectivity index (χ0v) is 17.6. The van der Waals surface area contributed by atoms with Crippen LogP contribution in [-0.4, -0.2) is 156 Å². The van der Waals surface area contributed by atoms with Crippen LogP contribution in [0.25, 0.3) is 0 Å². The quantitative estimate of drug-likeness (QED) is 0.167. The average molecular weight is 488 g/mol. The highest BCUT2D eigenvalue weighted by atomic mass is 16.8. The van der Waals surface area contributed by atoms with Crippen molar-refractivity contribution < 1.29 is 74.7 Å². The van der Waals surface area contributed by atoms with E-state index in [1.165, 1.54) is 6.92 Å². The Morgan fingerprint density at radius 3 is 1.61 bits per heavy atom. The molecule has 3 fully saturated rings. The molecular weight excluding hydrogens is 456 g/mol. The zero-order valence-electron chi connectivity index (χ0n) is 17.6. The van der Waals surface area contributed by atoms with Gasteiger partial charge in [0, 0.05) is 0 Å². The Morgan fingerprint density at radius 1 is 0.545 bits per heavy atom. The van der Waals surface area contributed by atoms with Crippen LogP contribution < -0.4 is 0 Å². The largest absolute Gasteiger partial charge is 0.394 e. The third-order valence-electron chi connectivity index (χ3n) is 6.06. The van der Waals surface area contributed by atoms with Crippen LogP contribution in [-0.2, 0) is 23.7 Å². The third-order valence-corrected chi connectivity index (χ3v) is 6.06. The van der Waals surface area contributed by atoms with E-state index in [-0.39, 0.29) is 0 Å². The summed E-state index contributed by atoms with van der Waals surface area (Å²) in [6.45, 7) is -0.115. The molecule has 15 heteroatoms. The van der Waals surface area contributed by atoms with Gasteiger partial charge >= 0.3 is 0 Å². The summed E-state index contributed by atoms with van der Waals surface area (Å²) in [5.74, 6) is 0. The van der Waals surface area contributed by atoms with Gasteiger partial charge in [-0.25, -0.2) is 0 Å². The van der Waals surface area contributed by atoms with Crippen molar-refractivity contribution in [1.29, 1.82) is 0 Å². The minimum atomic E-state index is -1.88. The van der Waals surface area contributed by atoms with Gasteiger partial charge in [0.15, 0.2) is 18.9 Å². The molecule has 10 N–H and O–H groups in total. The van der Waals surface area contributed by atoms with Crippen LogP contribution in [0, 0.1) is 0 Å². The second-order valence-corrected chi connectivity index (χ2v) is 8.32. The Morgan fingerprint density at radius 2 is 1.03 bits per heavy atom. The van der Waals surface area contributed by atoms with E-state index in [0.29, 0.717) is 0 Å². The van der Waals surface area contributed by atoms with Gasteiger partial charge in [0.05, 0.1) is 19.3 Å². The molecule has 194 valence electrons. The van der Waals surface area contributed by atoms with Gasteiger partial charge in [-0.15, -0.1) is 0 Å². The number of rotatable bonds is 6. The molecule has 3 aliphatic rings. The van der Waals surface area contributed by atoms with Crippen LogP contribution in [0.5, 0.6) is 0 Å². The smallest absolute Gasteiger partial charge is 0.187 e. The maximum atomic E-state index is 10.6. The monoisotopic (exact) mass is 488 g/mol. The summed E-state index contributed by atoms with van der Waals surface area (Å²) in [5.41, 5.74) is 0. The number of aliphatic hydroxyl groups is 10. The molecule has 33 heavy (non-hydrogen) atoms. The van der Waals surface area contributed by atoms with E-state index in [2.05, 4.69) is 0 Å². The topological polar surface area (TPSA) is 248 Å². The predicted octanol–water partition coefficient (Wildman–Crippen LogP) is -6.55. The van der Waals surface area contributed by atoms with Crippen molar-refractivity contribution in [3.8, 4) is 0 Å². The van der Waals surface area contributed by atoms with Gasteiger partial charge in [0.1, 0.15) is 67.1 Å². The fourth-order valence-electron chi connectivity index (χ4n) is 3.97. The van der Waals surface area contributed by atoms with Gasteiger partial charge in [0.2, 0.25) is 0 Å². The van der Waals surface area contributed by atoms with Crippen molar-refractivity contribution in [2.75, 3.05) is 13.2 Å². The van der Waals surface area contributed by atoms with E-state index >= 15 is 0 Å². The minimum Gasteiger partial charge on any atom is -0.394 e. The standard InChI is InChI=1S/C18H32O15/c1-4-7(21)10(24)12(26)17(29-4)33-15-14(9(23)6(3-20)30-16(15)28)32-18-13(27)11(25)8(22)5(2-19)31-18/h4-28H,2-3H2,1H3/t4-,5+,6+,7+,8-,9-,10+,11-,12-,13+,14-,15+,16+,17-,18+/m0/s1. The summed E-state index contributed by atoms with van der Waals surface area (Å²) in [5, 5.41) is 100.0. The lowest BCUT2D eigenvalue weighted by Crippen LogP contribution is -2.66. The van der Waals surface area contributed by atoms with E-state index in [1.807, 2.05) is 0 Å². The lowest BCUT2D eigenvalue weighted by molar-refractivity contribution is -0.386. The summed E-state index contributed by atoms with van der Waals surface area (Å²) in [6.07, 6.45) is -24.1. The van der Waals surface area contributed by atoms with Crippen molar-refractivity contribution in [3.63, 3.8) is 0 Å². The SMILES string of the molecule is C[C@@H]1O[C@@H](O[C@@H]2[C@@H](O[C@H]3O[C@H](CO)[C@H](O)[C@H](O)[C@H]3O)[C@@H](O)[C@@H](CO)O[C@H]2O)[C@@H](O)[C@H](O)[C@@H]1O. The van der Waals surface area contributed by atoms with Crippen LogP contribution in [0.3, 0.4) is 0 Å². The first kappa shape index (κ1) is 27.0. The Hall–Kier alpha value is -0.600. The molecule has 3 heterocycles. The summed E-state index contributed by atoms with van der Waals surface area (Å²) in [7, 11) is 0. The first-order valence-electron chi connectivity index (χ1n) is 10.4. The summed E-state index contributed by atoms with van der Waals surface area (Å²) in [6, 6.07) is 0. The second-order valence-electron chi connectivity index (χ2n) is 8.32. The van der Waals surface area contributed by atoms with Gasteiger partial charge < -0.3 is 74.7 Å². The molecule has 3 saturated heterocycles. The molecule has 0 saturated carbocycles. The number of aliphatic hydroxyl groups excluding tert-OH is 10. The molecule has 0 bridgehead atoms. The third kappa shape index (κ3) is 5.32. The van der Waals surface area contributed by atoms with E-state index in [9.17, 15) is 51.1 Å². The minimum absolute atomic E-state index is 0.747. The molecule has 0 aromatic rings. The molecule has 0 radical (unpaired) electrons. The van der Waals surface area contributed by atoms with E-state index in [4.69, 9.17) is 23.7 Å². The Labute approximate surface area is 187 Å². The number of hydrogen-bond donors (Lipinski definition) is 10. The Kier molecular flexibility index (Phi) is 8.99. The molecule has 0 aromatic carbocycles. The van der Waals surface area contributed by atoms with Crippen molar-refractivity contribution >= 4 is 0 Å². The lowest BCUT2D eigenvalue weighted by atomic mass is 9.96. The maximum absolute atomic E-state index is 10.6. The van der Waals surface area contributed by atoms with Gasteiger partial charge in [-0.1, -0.05) is 0 Å². The highest BCUT2D eigenvalue weighted by Crippen LogP contribution is 2.32. The molecule has 0 unspecified atom stereocenters. The molecule has 0 aromatic heterocycles. The van der Waals surface area contributed by atoms with Crippen molar-refractivity contribution in [1.82, 2.24) is 0 Å². The van der Waals surface area contributed by atoms with Crippen molar-refractivity contribution in [2.45, 2.75) is 99.0 Å². The predicted molar refractivity (Wildman–Crippen MR) is 99.8 cm³/mol. The maximum Gasteiger partial charge on any atom is 0.187 e. The molecule has 15 nitrogen and oxygen atoms in total. The zero-order chi connectivity index (χ0) is 24.6. The highest BCUT2D eigenvalue weighted by molar-refractivity contribution is 4.96. The van der Waals surface area contributed by atoms with Crippen molar-refractivity contribution in [2.24, 2.45) is 0 Å². The fraction of sp³-hybridized carbons (Fsp3) is 1.00. The summed E-state index contributed by atoms with van der Waals surface area (Å²) in [4.78, 5) is 0. The van der Waals surface area contributed by atoms with Gasteiger partial charge in [-0.05, 0) is 6.92 Å². The fourth-order valence-corrected chi connectivity index (χ4v) is 3.97. The Bertz CT molecular complexity index is 624. The Balaban J connectivity index is 1.82. The highest BCUT2D eigenvalue weighted by Gasteiger charge is 2.53. The van der Waals surface area contributed by atoms with Crippen LogP contribution in [0.2, 0.25) is 0 Å². The van der Waals surface area contributed by atoms with Crippen LogP contribution in [0.15, 0.2) is 0 Å².